The third-order valence-corrected chi connectivity index (χ3v) is 5.94. The highest BCUT2D eigenvalue weighted by Crippen LogP contribution is 2.41. The van der Waals surface area contributed by atoms with Crippen molar-refractivity contribution >= 4 is 34.2 Å². The molecule has 0 saturated heterocycles. The molecule has 0 unspecified atom stereocenters. The number of thiophene rings is 1. The summed E-state index contributed by atoms with van der Waals surface area (Å²) >= 11 is 1.30. The number of esters is 2. The van der Waals surface area contributed by atoms with Gasteiger partial charge in [-0.1, -0.05) is 36.8 Å². The first-order valence-electron chi connectivity index (χ1n) is 9.65. The number of anilines is 1. The quantitative estimate of drug-likeness (QED) is 0.680. The molecule has 0 aliphatic heterocycles. The van der Waals surface area contributed by atoms with Crippen molar-refractivity contribution in [3.8, 4) is 11.1 Å². The molecule has 1 aliphatic rings. The number of nitrogens with one attached hydrogen (secondary N) is 1. The fourth-order valence-electron chi connectivity index (χ4n) is 3.16. The van der Waals surface area contributed by atoms with Gasteiger partial charge in [0, 0.05) is 10.4 Å². The normalized spacial score (nSPS) is 17.5. The summed E-state index contributed by atoms with van der Waals surface area (Å²) in [5.74, 6) is -1.10. The monoisotopic (exact) mass is 415 g/mol. The van der Waals surface area contributed by atoms with Gasteiger partial charge in [0.15, 0.2) is 6.61 Å². The zero-order valence-corrected chi connectivity index (χ0v) is 17.9. The molecule has 3 rings (SSSR count). The fourth-order valence-corrected chi connectivity index (χ4v) is 4.24. The molecule has 1 fully saturated rings. The van der Waals surface area contributed by atoms with Crippen molar-refractivity contribution in [1.82, 2.24) is 0 Å². The van der Waals surface area contributed by atoms with E-state index >= 15 is 0 Å². The van der Waals surface area contributed by atoms with Crippen molar-refractivity contribution in [2.24, 2.45) is 11.8 Å². The van der Waals surface area contributed by atoms with Gasteiger partial charge in [0.1, 0.15) is 10.6 Å². The average molecular weight is 416 g/mol. The molecule has 0 spiro atoms. The maximum absolute atomic E-state index is 12.7. The Kier molecular flexibility index (Phi) is 6.37. The topological polar surface area (TPSA) is 81.7 Å². The second-order valence-corrected chi connectivity index (χ2v) is 8.52. The van der Waals surface area contributed by atoms with Crippen LogP contribution in [0.1, 0.15) is 41.1 Å². The van der Waals surface area contributed by atoms with Gasteiger partial charge in [-0.25, -0.2) is 4.79 Å². The predicted molar refractivity (Wildman–Crippen MR) is 112 cm³/mol. The Morgan fingerprint density at radius 2 is 1.79 bits per heavy atom. The Morgan fingerprint density at radius 3 is 2.38 bits per heavy atom. The lowest BCUT2D eigenvalue weighted by Crippen LogP contribution is -2.22. The van der Waals surface area contributed by atoms with E-state index in [9.17, 15) is 14.4 Å². The minimum Gasteiger partial charge on any atom is -0.462 e. The number of carbonyl (C=O) groups is 3. The van der Waals surface area contributed by atoms with Crippen molar-refractivity contribution in [3.63, 3.8) is 0 Å². The van der Waals surface area contributed by atoms with Gasteiger partial charge in [-0.05, 0) is 38.7 Å². The molecule has 1 amide bonds. The molecule has 29 heavy (non-hydrogen) atoms. The van der Waals surface area contributed by atoms with Crippen molar-refractivity contribution in [3.05, 3.63) is 40.3 Å². The molecule has 2 aromatic rings. The summed E-state index contributed by atoms with van der Waals surface area (Å²) in [5, 5.41) is 3.12. The first kappa shape index (κ1) is 21.0. The maximum atomic E-state index is 12.7. The summed E-state index contributed by atoms with van der Waals surface area (Å²) in [5.41, 5.74) is 3.06. The largest absolute Gasteiger partial charge is 0.462 e. The van der Waals surface area contributed by atoms with E-state index in [1.165, 1.54) is 11.3 Å². The Morgan fingerprint density at radius 1 is 1.14 bits per heavy atom. The molecule has 1 saturated carbocycles. The molecule has 1 N–H and O–H groups in total. The summed E-state index contributed by atoms with van der Waals surface area (Å²) in [6, 6.07) is 7.82. The fraction of sp³-hybridized carbons (Fsp3) is 0.409. The van der Waals surface area contributed by atoms with Crippen LogP contribution in [0.3, 0.4) is 0 Å². The summed E-state index contributed by atoms with van der Waals surface area (Å²) in [6.45, 7) is 7.45. The number of benzene rings is 1. The van der Waals surface area contributed by atoms with E-state index in [2.05, 4.69) is 5.32 Å². The third-order valence-electron chi connectivity index (χ3n) is 4.91. The van der Waals surface area contributed by atoms with Crippen LogP contribution in [-0.4, -0.2) is 31.1 Å². The Balaban J connectivity index is 1.82. The molecule has 1 aliphatic carbocycles. The molecule has 1 heterocycles. The maximum Gasteiger partial charge on any atom is 0.341 e. The molecular formula is C22H25NO5S. The lowest BCUT2D eigenvalue weighted by atomic mass is 10.0. The van der Waals surface area contributed by atoms with Crippen LogP contribution in [0.4, 0.5) is 5.00 Å². The predicted octanol–water partition coefficient (Wildman–Crippen LogP) is 4.35. The van der Waals surface area contributed by atoms with E-state index in [1.807, 2.05) is 45.0 Å². The number of hydrogen-bond acceptors (Lipinski definition) is 6. The van der Waals surface area contributed by atoms with E-state index in [0.29, 0.717) is 16.5 Å². The van der Waals surface area contributed by atoms with Gasteiger partial charge in [-0.3, -0.25) is 9.59 Å². The number of amides is 1. The highest BCUT2D eigenvalue weighted by atomic mass is 32.1. The van der Waals surface area contributed by atoms with Gasteiger partial charge in [-0.15, -0.1) is 11.3 Å². The minimum atomic E-state index is -0.494. The van der Waals surface area contributed by atoms with Gasteiger partial charge in [0.25, 0.3) is 5.91 Å². The average Bonchev–Trinajstić information content (AvgIpc) is 3.32. The SMILES string of the molecule is CCOC(=O)c1c(NC(=O)COC(=O)[C@H]2C[C@H]2C)sc(C)c1-c1ccc(C)cc1. The van der Waals surface area contributed by atoms with Crippen molar-refractivity contribution in [1.29, 1.82) is 0 Å². The van der Waals surface area contributed by atoms with Crippen LogP contribution in [0.2, 0.25) is 0 Å². The minimum absolute atomic E-state index is 0.102. The molecular weight excluding hydrogens is 390 g/mol. The molecule has 154 valence electrons. The number of aryl methyl sites for hydroxylation is 2. The summed E-state index contributed by atoms with van der Waals surface area (Å²) in [7, 11) is 0. The lowest BCUT2D eigenvalue weighted by Gasteiger charge is -2.10. The lowest BCUT2D eigenvalue weighted by molar-refractivity contribution is -0.148. The van der Waals surface area contributed by atoms with Crippen LogP contribution in [-0.2, 0) is 19.1 Å². The third kappa shape index (κ3) is 4.85. The van der Waals surface area contributed by atoms with E-state index in [1.54, 1.807) is 6.92 Å². The van der Waals surface area contributed by atoms with Crippen LogP contribution in [0.15, 0.2) is 24.3 Å². The van der Waals surface area contributed by atoms with E-state index < -0.39 is 11.9 Å². The molecule has 6 nitrogen and oxygen atoms in total. The Bertz CT molecular complexity index is 931. The molecule has 1 aromatic carbocycles. The Hall–Kier alpha value is -2.67. The van der Waals surface area contributed by atoms with Gasteiger partial charge in [-0.2, -0.15) is 0 Å². The smallest absolute Gasteiger partial charge is 0.341 e. The number of carbonyl (C=O) groups excluding carboxylic acids is 3. The second-order valence-electron chi connectivity index (χ2n) is 7.30. The van der Waals surface area contributed by atoms with Crippen molar-refractivity contribution in [2.75, 3.05) is 18.5 Å². The Labute approximate surface area is 174 Å². The van der Waals surface area contributed by atoms with Gasteiger partial charge in [0.2, 0.25) is 0 Å². The molecule has 0 radical (unpaired) electrons. The van der Waals surface area contributed by atoms with E-state index in [0.717, 1.165) is 28.0 Å². The molecule has 0 bridgehead atoms. The zero-order chi connectivity index (χ0) is 21.1. The first-order valence-corrected chi connectivity index (χ1v) is 10.5. The van der Waals surface area contributed by atoms with Crippen LogP contribution in [0.25, 0.3) is 11.1 Å². The summed E-state index contributed by atoms with van der Waals surface area (Å²) < 4.78 is 10.3. The highest BCUT2D eigenvalue weighted by molar-refractivity contribution is 7.17. The van der Waals surface area contributed by atoms with E-state index in [4.69, 9.17) is 9.47 Å². The van der Waals surface area contributed by atoms with Crippen LogP contribution in [0.5, 0.6) is 0 Å². The van der Waals surface area contributed by atoms with Crippen LogP contribution >= 0.6 is 11.3 Å². The summed E-state index contributed by atoms with van der Waals surface area (Å²) in [4.78, 5) is 37.7. The van der Waals surface area contributed by atoms with Gasteiger partial charge < -0.3 is 14.8 Å². The second kappa shape index (κ2) is 8.78. The highest BCUT2D eigenvalue weighted by Gasteiger charge is 2.40. The number of ether oxygens (including phenoxy) is 2. The number of rotatable bonds is 7. The molecule has 1 aromatic heterocycles. The standard InChI is InChI=1S/C22H25NO5S/c1-5-27-22(26)19-18(15-8-6-12(2)7-9-15)14(4)29-20(19)23-17(24)11-28-21(25)16-10-13(16)3/h6-9,13,16H,5,10-11H2,1-4H3,(H,23,24)/t13-,16+/m1/s1. The van der Waals surface area contributed by atoms with E-state index in [-0.39, 0.29) is 25.1 Å². The summed E-state index contributed by atoms with van der Waals surface area (Å²) in [6.07, 6.45) is 0.803. The first-order chi connectivity index (χ1) is 13.8. The van der Waals surface area contributed by atoms with Crippen molar-refractivity contribution < 1.29 is 23.9 Å². The molecule has 7 heteroatoms. The van der Waals surface area contributed by atoms with Crippen LogP contribution in [0, 0.1) is 25.7 Å². The molecule has 2 atom stereocenters. The van der Waals surface area contributed by atoms with Crippen LogP contribution < -0.4 is 5.32 Å². The number of hydrogen-bond donors (Lipinski definition) is 1. The van der Waals surface area contributed by atoms with Gasteiger partial charge in [0.05, 0.1) is 12.5 Å². The zero-order valence-electron chi connectivity index (χ0n) is 17.0. The van der Waals surface area contributed by atoms with Gasteiger partial charge >= 0.3 is 11.9 Å². The van der Waals surface area contributed by atoms with Crippen molar-refractivity contribution in [2.45, 2.75) is 34.1 Å².